The zero-order valence-corrected chi connectivity index (χ0v) is 13.5. The second kappa shape index (κ2) is 7.41. The molecule has 0 aliphatic carbocycles. The van der Waals surface area contributed by atoms with Gasteiger partial charge in [-0.1, -0.05) is 0 Å². The topological polar surface area (TPSA) is 80.2 Å². The van der Waals surface area contributed by atoms with E-state index in [-0.39, 0.29) is 18.2 Å². The third-order valence-electron chi connectivity index (χ3n) is 3.40. The van der Waals surface area contributed by atoms with Crippen LogP contribution in [0.4, 0.5) is 23.7 Å². The molecule has 1 atom stereocenters. The van der Waals surface area contributed by atoms with Gasteiger partial charge in [-0.3, -0.25) is 10.1 Å². The predicted molar refractivity (Wildman–Crippen MR) is 82.1 cm³/mol. The minimum absolute atomic E-state index is 0.00178. The fraction of sp³-hybridized carbons (Fsp3) is 0.400. The first-order valence-corrected chi connectivity index (χ1v) is 7.28. The second-order valence-electron chi connectivity index (χ2n) is 5.28. The van der Waals surface area contributed by atoms with Crippen molar-refractivity contribution in [3.8, 4) is 5.75 Å². The van der Waals surface area contributed by atoms with E-state index in [4.69, 9.17) is 4.74 Å². The first-order chi connectivity index (χ1) is 11.7. The summed E-state index contributed by atoms with van der Waals surface area (Å²) in [6.45, 7) is 1.72. The number of ether oxygens (including phenoxy) is 2. The normalized spacial score (nSPS) is 17.3. The van der Waals surface area contributed by atoms with E-state index in [2.05, 4.69) is 15.2 Å². The Hall–Kier alpha value is -2.78. The zero-order chi connectivity index (χ0) is 18.6. The molecule has 25 heavy (non-hydrogen) atoms. The number of alkyl halides is 3. The molecule has 136 valence electrons. The molecule has 7 nitrogen and oxygen atoms in total. The highest BCUT2D eigenvalue weighted by Crippen LogP contribution is 2.24. The maximum Gasteiger partial charge on any atom is 0.573 e. The van der Waals surface area contributed by atoms with Gasteiger partial charge in [-0.15, -0.1) is 13.2 Å². The molecule has 0 spiro atoms. The van der Waals surface area contributed by atoms with Crippen LogP contribution < -0.4 is 10.1 Å². The Labute approximate surface area is 141 Å². The molecule has 0 fully saturated rings. The SMILES string of the molecule is CC1=NN(C)C(=O)C1CCOC(=O)Nc1ccc(OC(F)(F)F)cc1. The van der Waals surface area contributed by atoms with E-state index >= 15 is 0 Å². The molecule has 1 heterocycles. The highest BCUT2D eigenvalue weighted by molar-refractivity contribution is 6.06. The first-order valence-electron chi connectivity index (χ1n) is 7.28. The van der Waals surface area contributed by atoms with E-state index in [0.29, 0.717) is 12.1 Å². The Morgan fingerprint density at radius 3 is 2.48 bits per heavy atom. The lowest BCUT2D eigenvalue weighted by Crippen LogP contribution is -2.26. The summed E-state index contributed by atoms with van der Waals surface area (Å²) in [7, 11) is 1.55. The van der Waals surface area contributed by atoms with Crippen LogP contribution in [0.5, 0.6) is 5.75 Å². The van der Waals surface area contributed by atoms with Crippen LogP contribution in [0.3, 0.4) is 0 Å². The molecule has 2 amide bonds. The number of hydrogen-bond acceptors (Lipinski definition) is 5. The smallest absolute Gasteiger partial charge is 0.449 e. The van der Waals surface area contributed by atoms with E-state index < -0.39 is 24.1 Å². The fourth-order valence-corrected chi connectivity index (χ4v) is 2.26. The van der Waals surface area contributed by atoms with Gasteiger partial charge in [0.25, 0.3) is 5.91 Å². The molecule has 0 radical (unpaired) electrons. The van der Waals surface area contributed by atoms with Crippen molar-refractivity contribution < 1.29 is 32.2 Å². The van der Waals surface area contributed by atoms with Gasteiger partial charge in [0.2, 0.25) is 0 Å². The zero-order valence-electron chi connectivity index (χ0n) is 13.5. The summed E-state index contributed by atoms with van der Waals surface area (Å²) in [5, 5.41) is 7.61. The molecule has 1 N–H and O–H groups in total. The van der Waals surface area contributed by atoms with Gasteiger partial charge in [0.1, 0.15) is 5.75 Å². The summed E-state index contributed by atoms with van der Waals surface area (Å²) in [5.74, 6) is -0.983. The average Bonchev–Trinajstić information content (AvgIpc) is 2.74. The minimum atomic E-state index is -4.78. The van der Waals surface area contributed by atoms with Gasteiger partial charge in [0.05, 0.1) is 12.5 Å². The van der Waals surface area contributed by atoms with Crippen molar-refractivity contribution in [2.45, 2.75) is 19.7 Å². The highest BCUT2D eigenvalue weighted by atomic mass is 19.4. The van der Waals surface area contributed by atoms with E-state index in [9.17, 15) is 22.8 Å². The molecule has 0 aromatic heterocycles. The molecule has 10 heteroatoms. The summed E-state index contributed by atoms with van der Waals surface area (Å²) in [6.07, 6.45) is -5.26. The van der Waals surface area contributed by atoms with Gasteiger partial charge < -0.3 is 9.47 Å². The maximum absolute atomic E-state index is 12.1. The number of hydrogen-bond donors (Lipinski definition) is 1. The minimum Gasteiger partial charge on any atom is -0.449 e. The average molecular weight is 359 g/mol. The Kier molecular flexibility index (Phi) is 5.50. The lowest BCUT2D eigenvalue weighted by Gasteiger charge is -2.12. The maximum atomic E-state index is 12.1. The van der Waals surface area contributed by atoms with E-state index in [1.807, 2.05) is 0 Å². The monoisotopic (exact) mass is 359 g/mol. The molecular weight excluding hydrogens is 343 g/mol. The second-order valence-corrected chi connectivity index (χ2v) is 5.28. The molecule has 2 rings (SSSR count). The van der Waals surface area contributed by atoms with Crippen LogP contribution in [-0.2, 0) is 9.53 Å². The van der Waals surface area contributed by atoms with Crippen LogP contribution in [0.1, 0.15) is 13.3 Å². The largest absolute Gasteiger partial charge is 0.573 e. The predicted octanol–water partition coefficient (Wildman–Crippen LogP) is 2.99. The van der Waals surface area contributed by atoms with Crippen molar-refractivity contribution in [1.82, 2.24) is 5.01 Å². The van der Waals surface area contributed by atoms with Crippen molar-refractivity contribution >= 4 is 23.4 Å². The van der Waals surface area contributed by atoms with Crippen LogP contribution in [-0.4, -0.2) is 42.7 Å². The van der Waals surface area contributed by atoms with Crippen molar-refractivity contribution in [3.05, 3.63) is 24.3 Å². The lowest BCUT2D eigenvalue weighted by molar-refractivity contribution is -0.274. The highest BCUT2D eigenvalue weighted by Gasteiger charge is 2.31. The van der Waals surface area contributed by atoms with Crippen molar-refractivity contribution in [2.24, 2.45) is 11.0 Å². The Balaban J connectivity index is 1.77. The van der Waals surface area contributed by atoms with Crippen LogP contribution in [0, 0.1) is 5.92 Å². The van der Waals surface area contributed by atoms with Gasteiger partial charge in [-0.2, -0.15) is 5.10 Å². The number of amides is 2. The molecule has 1 aromatic carbocycles. The van der Waals surface area contributed by atoms with E-state index in [1.54, 1.807) is 14.0 Å². The molecule has 0 bridgehead atoms. The number of rotatable bonds is 5. The van der Waals surface area contributed by atoms with Gasteiger partial charge >= 0.3 is 12.5 Å². The molecule has 0 saturated heterocycles. The Morgan fingerprint density at radius 1 is 1.32 bits per heavy atom. The van der Waals surface area contributed by atoms with Gasteiger partial charge in [-0.25, -0.2) is 9.80 Å². The van der Waals surface area contributed by atoms with E-state index in [0.717, 1.165) is 12.1 Å². The number of carbonyl (C=O) groups is 2. The number of carbonyl (C=O) groups excluding carboxylic acids is 2. The van der Waals surface area contributed by atoms with Gasteiger partial charge in [0.15, 0.2) is 0 Å². The third-order valence-corrected chi connectivity index (χ3v) is 3.40. The molecule has 1 aliphatic heterocycles. The molecule has 0 saturated carbocycles. The van der Waals surface area contributed by atoms with Gasteiger partial charge in [0, 0.05) is 18.4 Å². The summed E-state index contributed by atoms with van der Waals surface area (Å²) >= 11 is 0. The van der Waals surface area contributed by atoms with Crippen LogP contribution in [0.15, 0.2) is 29.4 Å². The Morgan fingerprint density at radius 2 is 1.96 bits per heavy atom. The summed E-state index contributed by atoms with van der Waals surface area (Å²) < 4.78 is 44.8. The molecular formula is C15H16F3N3O4. The number of nitrogens with zero attached hydrogens (tertiary/aromatic N) is 2. The lowest BCUT2D eigenvalue weighted by atomic mass is 10.0. The van der Waals surface area contributed by atoms with Crippen LogP contribution in [0.25, 0.3) is 0 Å². The number of anilines is 1. The fourth-order valence-electron chi connectivity index (χ4n) is 2.26. The summed E-state index contributed by atoms with van der Waals surface area (Å²) in [4.78, 5) is 23.4. The molecule has 1 aliphatic rings. The number of nitrogens with one attached hydrogen (secondary N) is 1. The summed E-state index contributed by atoms with van der Waals surface area (Å²) in [6, 6.07) is 4.62. The van der Waals surface area contributed by atoms with Crippen LogP contribution in [0.2, 0.25) is 0 Å². The van der Waals surface area contributed by atoms with Crippen molar-refractivity contribution in [2.75, 3.05) is 19.0 Å². The Bertz CT molecular complexity index is 674. The van der Waals surface area contributed by atoms with E-state index in [1.165, 1.54) is 17.1 Å². The first kappa shape index (κ1) is 18.6. The third kappa shape index (κ3) is 5.37. The molecule has 1 unspecified atom stereocenters. The van der Waals surface area contributed by atoms with Gasteiger partial charge in [-0.05, 0) is 37.6 Å². The molecule has 1 aromatic rings. The quantitative estimate of drug-likeness (QED) is 0.876. The standard InChI is InChI=1S/C15H16F3N3O4/c1-9-12(13(22)21(2)20-9)7-8-24-14(23)19-10-3-5-11(6-4-10)25-15(16,17)18/h3-6,12H,7-8H2,1-2H3,(H,19,23). The van der Waals surface area contributed by atoms with Crippen molar-refractivity contribution in [1.29, 1.82) is 0 Å². The number of halogens is 3. The van der Waals surface area contributed by atoms with Crippen molar-refractivity contribution in [3.63, 3.8) is 0 Å². The number of benzene rings is 1. The summed E-state index contributed by atoms with van der Waals surface area (Å²) in [5.41, 5.74) is 0.894. The number of hydrazone groups is 1. The van der Waals surface area contributed by atoms with Crippen LogP contribution >= 0.6 is 0 Å².